The van der Waals surface area contributed by atoms with Gasteiger partial charge in [-0.25, -0.2) is 9.18 Å². The third-order valence-corrected chi connectivity index (χ3v) is 6.38. The molecule has 1 N–H and O–H groups in total. The Balaban J connectivity index is 1.61. The summed E-state index contributed by atoms with van der Waals surface area (Å²) in [5, 5.41) is 8.94. The minimum atomic E-state index is -0.675. The lowest BCUT2D eigenvalue weighted by Gasteiger charge is -2.29. The summed E-state index contributed by atoms with van der Waals surface area (Å²) in [6, 6.07) is 12.3. The highest BCUT2D eigenvalue weighted by Crippen LogP contribution is 2.39. The third kappa shape index (κ3) is 6.27. The van der Waals surface area contributed by atoms with Crippen LogP contribution in [0.25, 0.3) is 11.1 Å². The van der Waals surface area contributed by atoms with Gasteiger partial charge in [-0.2, -0.15) is 0 Å². The van der Waals surface area contributed by atoms with Crippen molar-refractivity contribution in [3.63, 3.8) is 0 Å². The number of esters is 1. The Labute approximate surface area is 185 Å². The molecule has 0 saturated heterocycles. The van der Waals surface area contributed by atoms with Crippen LogP contribution in [0.3, 0.4) is 0 Å². The van der Waals surface area contributed by atoms with E-state index in [4.69, 9.17) is 9.84 Å². The van der Waals surface area contributed by atoms with Crippen LogP contribution < -0.4 is 4.74 Å². The third-order valence-electron chi connectivity index (χ3n) is 6.38. The van der Waals surface area contributed by atoms with Crippen LogP contribution in [0.1, 0.15) is 69.8 Å². The molecule has 0 bridgehead atoms. The van der Waals surface area contributed by atoms with Gasteiger partial charge in [0.05, 0.1) is 12.2 Å². The SMILES string of the molecule is C=C(CO)C(=O)Oc1ccc(-c2ccc(C3CCC(CCCCC)CC3)cc2F)cc1. The Morgan fingerprint density at radius 2 is 1.81 bits per heavy atom. The fourth-order valence-corrected chi connectivity index (χ4v) is 4.43. The van der Waals surface area contributed by atoms with E-state index in [0.717, 1.165) is 29.9 Å². The summed E-state index contributed by atoms with van der Waals surface area (Å²) >= 11 is 0. The molecule has 1 aliphatic rings. The van der Waals surface area contributed by atoms with Gasteiger partial charge >= 0.3 is 5.97 Å². The fourth-order valence-electron chi connectivity index (χ4n) is 4.43. The Morgan fingerprint density at radius 3 is 2.42 bits per heavy atom. The van der Waals surface area contributed by atoms with Crippen molar-refractivity contribution >= 4 is 5.97 Å². The second-order valence-electron chi connectivity index (χ2n) is 8.63. The molecule has 1 fully saturated rings. The van der Waals surface area contributed by atoms with Crippen molar-refractivity contribution in [2.24, 2.45) is 5.92 Å². The number of unbranched alkanes of at least 4 members (excludes halogenated alkanes) is 2. The smallest absolute Gasteiger partial charge is 0.341 e. The first-order chi connectivity index (χ1) is 15.0. The predicted molar refractivity (Wildman–Crippen MR) is 123 cm³/mol. The van der Waals surface area contributed by atoms with Crippen molar-refractivity contribution in [3.05, 3.63) is 66.0 Å². The van der Waals surface area contributed by atoms with Crippen LogP contribution >= 0.6 is 0 Å². The number of halogens is 1. The van der Waals surface area contributed by atoms with E-state index in [0.29, 0.717) is 17.2 Å². The van der Waals surface area contributed by atoms with Gasteiger partial charge in [-0.1, -0.05) is 63.5 Å². The second kappa shape index (κ2) is 11.2. The molecule has 4 heteroatoms. The minimum Gasteiger partial charge on any atom is -0.423 e. The maximum Gasteiger partial charge on any atom is 0.341 e. The standard InChI is InChI=1S/C27H33FO3/c1-3-4-5-6-20-7-9-21(10-8-20)23-13-16-25(26(28)17-23)22-11-14-24(15-12-22)31-27(30)19(2)18-29/h11-17,20-21,29H,2-10,18H2,1H3. The van der Waals surface area contributed by atoms with Crippen LogP contribution in [0.2, 0.25) is 0 Å². The summed E-state index contributed by atoms with van der Waals surface area (Å²) < 4.78 is 20.0. The quantitative estimate of drug-likeness (QED) is 0.208. The van der Waals surface area contributed by atoms with E-state index in [1.165, 1.54) is 38.5 Å². The molecule has 0 unspecified atom stereocenters. The molecule has 0 atom stereocenters. The minimum absolute atomic E-state index is 0.0132. The van der Waals surface area contributed by atoms with E-state index < -0.39 is 12.6 Å². The van der Waals surface area contributed by atoms with Crippen LogP contribution in [0, 0.1) is 11.7 Å². The molecule has 0 amide bonds. The molecular weight excluding hydrogens is 391 g/mol. The van der Waals surface area contributed by atoms with Crippen LogP contribution in [-0.4, -0.2) is 17.7 Å². The molecular formula is C27H33FO3. The normalized spacial score (nSPS) is 18.5. The Bertz CT molecular complexity index is 880. The van der Waals surface area contributed by atoms with Crippen molar-refractivity contribution in [2.75, 3.05) is 6.61 Å². The van der Waals surface area contributed by atoms with Gasteiger partial charge in [-0.15, -0.1) is 0 Å². The van der Waals surface area contributed by atoms with Crippen LogP contribution in [0.4, 0.5) is 4.39 Å². The van der Waals surface area contributed by atoms with Crippen LogP contribution in [0.5, 0.6) is 5.75 Å². The largest absolute Gasteiger partial charge is 0.423 e. The first-order valence-corrected chi connectivity index (χ1v) is 11.4. The highest BCUT2D eigenvalue weighted by atomic mass is 19.1. The number of aliphatic hydroxyl groups excluding tert-OH is 1. The predicted octanol–water partition coefficient (Wildman–Crippen LogP) is 6.80. The Kier molecular flexibility index (Phi) is 8.42. The number of hydrogen-bond acceptors (Lipinski definition) is 3. The van der Waals surface area contributed by atoms with Gasteiger partial charge in [0.1, 0.15) is 11.6 Å². The number of carbonyl (C=O) groups excluding carboxylic acids is 1. The van der Waals surface area contributed by atoms with Crippen molar-refractivity contribution in [2.45, 2.75) is 64.2 Å². The molecule has 0 radical (unpaired) electrons. The summed E-state index contributed by atoms with van der Waals surface area (Å²) in [4.78, 5) is 11.7. The molecule has 3 rings (SSSR count). The van der Waals surface area contributed by atoms with Crippen molar-refractivity contribution in [1.82, 2.24) is 0 Å². The van der Waals surface area contributed by atoms with Gasteiger partial charge in [0.25, 0.3) is 0 Å². The average molecular weight is 425 g/mol. The van der Waals surface area contributed by atoms with Gasteiger partial charge in [0.2, 0.25) is 0 Å². The molecule has 0 aromatic heterocycles. The van der Waals surface area contributed by atoms with E-state index in [2.05, 4.69) is 19.6 Å². The summed E-state index contributed by atoms with van der Waals surface area (Å²) in [7, 11) is 0. The molecule has 1 aliphatic carbocycles. The average Bonchev–Trinajstić information content (AvgIpc) is 2.79. The van der Waals surface area contributed by atoms with E-state index in [1.54, 1.807) is 30.3 Å². The Morgan fingerprint density at radius 1 is 1.10 bits per heavy atom. The van der Waals surface area contributed by atoms with Gasteiger partial charge in [0.15, 0.2) is 0 Å². The summed E-state index contributed by atoms with van der Waals surface area (Å²) in [5.41, 5.74) is 2.35. The van der Waals surface area contributed by atoms with Gasteiger partial charge in [-0.05, 0) is 66.8 Å². The first kappa shape index (κ1) is 23.2. The van der Waals surface area contributed by atoms with Crippen LogP contribution in [-0.2, 0) is 4.79 Å². The van der Waals surface area contributed by atoms with Gasteiger partial charge in [0, 0.05) is 5.56 Å². The molecule has 1 saturated carbocycles. The van der Waals surface area contributed by atoms with Gasteiger partial charge < -0.3 is 9.84 Å². The molecule has 166 valence electrons. The first-order valence-electron chi connectivity index (χ1n) is 11.4. The molecule has 3 nitrogen and oxygen atoms in total. The highest BCUT2D eigenvalue weighted by Gasteiger charge is 2.23. The highest BCUT2D eigenvalue weighted by molar-refractivity contribution is 5.89. The van der Waals surface area contributed by atoms with Crippen molar-refractivity contribution in [3.8, 4) is 16.9 Å². The molecule has 31 heavy (non-hydrogen) atoms. The van der Waals surface area contributed by atoms with E-state index >= 15 is 0 Å². The molecule has 0 aliphatic heterocycles. The van der Waals surface area contributed by atoms with E-state index in [9.17, 15) is 9.18 Å². The number of aliphatic hydroxyl groups is 1. The lowest BCUT2D eigenvalue weighted by atomic mass is 9.77. The van der Waals surface area contributed by atoms with E-state index in [-0.39, 0.29) is 11.4 Å². The lowest BCUT2D eigenvalue weighted by Crippen LogP contribution is -2.13. The zero-order chi connectivity index (χ0) is 22.2. The number of hydrogen-bond donors (Lipinski definition) is 1. The lowest BCUT2D eigenvalue weighted by molar-refractivity contribution is -0.130. The zero-order valence-electron chi connectivity index (χ0n) is 18.4. The number of benzene rings is 2. The Hall–Kier alpha value is -2.46. The summed E-state index contributed by atoms with van der Waals surface area (Å²) in [6.45, 7) is 5.23. The zero-order valence-corrected chi connectivity index (χ0v) is 18.4. The molecule has 0 heterocycles. The fraction of sp³-hybridized carbons (Fsp3) is 0.444. The number of rotatable bonds is 9. The van der Waals surface area contributed by atoms with E-state index in [1.807, 2.05) is 6.07 Å². The molecule has 2 aromatic carbocycles. The van der Waals surface area contributed by atoms with Crippen LogP contribution in [0.15, 0.2) is 54.6 Å². The van der Waals surface area contributed by atoms with Crippen molar-refractivity contribution < 1.29 is 19.0 Å². The topological polar surface area (TPSA) is 46.5 Å². The monoisotopic (exact) mass is 424 g/mol. The second-order valence-corrected chi connectivity index (χ2v) is 8.63. The van der Waals surface area contributed by atoms with Gasteiger partial charge in [-0.3, -0.25) is 0 Å². The summed E-state index contributed by atoms with van der Waals surface area (Å²) in [6.07, 6.45) is 10.1. The number of carbonyl (C=O) groups is 1. The number of ether oxygens (including phenoxy) is 1. The maximum absolute atomic E-state index is 14.9. The molecule has 0 spiro atoms. The molecule has 2 aromatic rings. The maximum atomic E-state index is 14.9. The summed E-state index contributed by atoms with van der Waals surface area (Å²) in [5.74, 6) is 0.726. The van der Waals surface area contributed by atoms with Crippen molar-refractivity contribution in [1.29, 1.82) is 0 Å².